The maximum Gasteiger partial charge on any atom is 0.228 e. The molecule has 6 heteroatoms. The van der Waals surface area contributed by atoms with Crippen molar-refractivity contribution in [3.8, 4) is 0 Å². The molecule has 0 spiro atoms. The van der Waals surface area contributed by atoms with Crippen molar-refractivity contribution in [2.75, 3.05) is 26.3 Å². The van der Waals surface area contributed by atoms with Gasteiger partial charge in [-0.3, -0.25) is 9.79 Å². The second-order valence-electron chi connectivity index (χ2n) is 5.00. The first-order chi connectivity index (χ1) is 9.27. The lowest BCUT2D eigenvalue weighted by molar-refractivity contribution is -0.120. The monoisotopic (exact) mass is 262 g/mol. The summed E-state index contributed by atoms with van der Waals surface area (Å²) in [4.78, 5) is 15.9. The minimum absolute atomic E-state index is 0.0757. The van der Waals surface area contributed by atoms with E-state index in [0.29, 0.717) is 6.61 Å². The summed E-state index contributed by atoms with van der Waals surface area (Å²) in [6.45, 7) is 3.09. The van der Waals surface area contributed by atoms with E-state index in [9.17, 15) is 4.79 Å². The highest BCUT2D eigenvalue weighted by Crippen LogP contribution is 2.30. The highest BCUT2D eigenvalue weighted by Gasteiger charge is 2.35. The average Bonchev–Trinajstić information content (AvgIpc) is 2.73. The van der Waals surface area contributed by atoms with Crippen molar-refractivity contribution in [3.63, 3.8) is 0 Å². The van der Waals surface area contributed by atoms with E-state index in [2.05, 4.69) is 15.6 Å². The van der Waals surface area contributed by atoms with Crippen LogP contribution in [0.1, 0.15) is 0 Å². The molecule has 0 aromatic rings. The van der Waals surface area contributed by atoms with Gasteiger partial charge in [-0.1, -0.05) is 0 Å². The number of hydrogen-bond donors (Lipinski definition) is 3. The Balaban J connectivity index is 1.88. The Morgan fingerprint density at radius 3 is 3.26 bits per heavy atom. The molecule has 0 saturated carbocycles. The minimum Gasteiger partial charge on any atom is -0.383 e. The van der Waals surface area contributed by atoms with E-state index in [1.165, 1.54) is 0 Å². The van der Waals surface area contributed by atoms with Gasteiger partial charge in [0, 0.05) is 25.2 Å². The number of carbonyl (C=O) groups excluding carboxylic acids is 1. The summed E-state index contributed by atoms with van der Waals surface area (Å²) in [5.74, 6) is -0.514. The highest BCUT2D eigenvalue weighted by atomic mass is 16.5. The van der Waals surface area contributed by atoms with Gasteiger partial charge in [0.2, 0.25) is 5.91 Å². The van der Waals surface area contributed by atoms with Gasteiger partial charge in [0.05, 0.1) is 30.9 Å². The second-order valence-corrected chi connectivity index (χ2v) is 5.00. The zero-order chi connectivity index (χ0) is 13.2. The number of rotatable bonds is 2. The third-order valence-corrected chi connectivity index (χ3v) is 3.75. The van der Waals surface area contributed by atoms with Crippen LogP contribution >= 0.6 is 0 Å². The van der Waals surface area contributed by atoms with Crippen molar-refractivity contribution >= 4 is 12.1 Å². The maximum absolute atomic E-state index is 11.4. The predicted octanol–water partition coefficient (Wildman–Crippen LogP) is -0.852. The fourth-order valence-electron chi connectivity index (χ4n) is 2.76. The Kier molecular flexibility index (Phi) is 3.35. The SMILES string of the molecule is NC(=O)C1C=NC([C@H]2CNCCOC2)=C2C=CNC21. The molecule has 1 amide bonds. The lowest BCUT2D eigenvalue weighted by Gasteiger charge is -2.27. The van der Waals surface area contributed by atoms with Crippen LogP contribution in [0.3, 0.4) is 0 Å². The van der Waals surface area contributed by atoms with E-state index < -0.39 is 0 Å². The molecule has 3 aliphatic heterocycles. The van der Waals surface area contributed by atoms with Crippen LogP contribution < -0.4 is 16.4 Å². The van der Waals surface area contributed by atoms with Crippen LogP contribution in [0, 0.1) is 11.8 Å². The van der Waals surface area contributed by atoms with Gasteiger partial charge in [-0.2, -0.15) is 0 Å². The average molecular weight is 262 g/mol. The molecule has 4 N–H and O–H groups in total. The highest BCUT2D eigenvalue weighted by molar-refractivity contribution is 5.95. The number of nitrogens with two attached hydrogens (primary N) is 1. The molecule has 1 saturated heterocycles. The molecule has 3 atom stereocenters. The van der Waals surface area contributed by atoms with Crippen LogP contribution in [0.25, 0.3) is 0 Å². The molecule has 6 nitrogen and oxygen atoms in total. The summed E-state index contributed by atoms with van der Waals surface area (Å²) in [7, 11) is 0. The van der Waals surface area contributed by atoms with Crippen LogP contribution in [0.4, 0.5) is 0 Å². The predicted molar refractivity (Wildman–Crippen MR) is 71.4 cm³/mol. The number of fused-ring (bicyclic) bond motifs is 1. The molecule has 3 heterocycles. The topological polar surface area (TPSA) is 88.7 Å². The van der Waals surface area contributed by atoms with E-state index in [-0.39, 0.29) is 23.8 Å². The van der Waals surface area contributed by atoms with Crippen molar-refractivity contribution in [2.45, 2.75) is 6.04 Å². The lowest BCUT2D eigenvalue weighted by Crippen LogP contribution is -2.43. The van der Waals surface area contributed by atoms with Crippen LogP contribution in [0.15, 0.2) is 28.5 Å². The third-order valence-electron chi connectivity index (χ3n) is 3.75. The van der Waals surface area contributed by atoms with Gasteiger partial charge >= 0.3 is 0 Å². The van der Waals surface area contributed by atoms with Crippen molar-refractivity contribution in [1.82, 2.24) is 10.6 Å². The number of primary amides is 1. The summed E-state index contributed by atoms with van der Waals surface area (Å²) in [5.41, 5.74) is 7.47. The molecule has 2 unspecified atom stereocenters. The fraction of sp³-hybridized carbons (Fsp3) is 0.538. The molecule has 19 heavy (non-hydrogen) atoms. The number of amides is 1. The van der Waals surface area contributed by atoms with E-state index in [4.69, 9.17) is 10.5 Å². The van der Waals surface area contributed by atoms with E-state index >= 15 is 0 Å². The van der Waals surface area contributed by atoms with Gasteiger partial charge in [-0.15, -0.1) is 0 Å². The number of nitrogens with zero attached hydrogens (tertiary/aromatic N) is 1. The first-order valence-corrected chi connectivity index (χ1v) is 6.56. The molecular formula is C13H18N4O2. The molecule has 3 rings (SSSR count). The zero-order valence-corrected chi connectivity index (χ0v) is 10.6. The van der Waals surface area contributed by atoms with Gasteiger partial charge in [-0.25, -0.2) is 0 Å². The molecule has 0 bridgehead atoms. The Morgan fingerprint density at radius 1 is 1.53 bits per heavy atom. The smallest absolute Gasteiger partial charge is 0.228 e. The van der Waals surface area contributed by atoms with Gasteiger partial charge in [-0.05, 0) is 17.8 Å². The minimum atomic E-state index is -0.381. The molecule has 3 aliphatic rings. The molecule has 0 radical (unpaired) electrons. The molecule has 0 aromatic carbocycles. The number of ether oxygens (including phenoxy) is 1. The molecular weight excluding hydrogens is 244 g/mol. The van der Waals surface area contributed by atoms with Crippen LogP contribution in [0.2, 0.25) is 0 Å². The molecule has 0 aliphatic carbocycles. The first kappa shape index (κ1) is 12.4. The van der Waals surface area contributed by atoms with Gasteiger partial charge in [0.15, 0.2) is 0 Å². The third kappa shape index (κ3) is 2.29. The van der Waals surface area contributed by atoms with Crippen LogP contribution in [-0.4, -0.2) is 44.5 Å². The van der Waals surface area contributed by atoms with E-state index in [0.717, 1.165) is 31.0 Å². The van der Waals surface area contributed by atoms with Crippen LogP contribution in [-0.2, 0) is 9.53 Å². The quantitative estimate of drug-likeness (QED) is 0.604. The Bertz CT molecular complexity index is 461. The van der Waals surface area contributed by atoms with Gasteiger partial charge in [0.25, 0.3) is 0 Å². The van der Waals surface area contributed by atoms with Crippen molar-refractivity contribution in [1.29, 1.82) is 0 Å². The van der Waals surface area contributed by atoms with E-state index in [1.54, 1.807) is 6.21 Å². The Hall–Kier alpha value is -1.66. The molecule has 1 fully saturated rings. The zero-order valence-electron chi connectivity index (χ0n) is 10.6. The first-order valence-electron chi connectivity index (χ1n) is 6.56. The second kappa shape index (κ2) is 5.14. The fourth-order valence-corrected chi connectivity index (χ4v) is 2.76. The van der Waals surface area contributed by atoms with Gasteiger partial charge in [0.1, 0.15) is 0 Å². The van der Waals surface area contributed by atoms with Crippen molar-refractivity contribution in [3.05, 3.63) is 23.5 Å². The summed E-state index contributed by atoms with van der Waals surface area (Å²) in [5, 5.41) is 6.52. The summed E-state index contributed by atoms with van der Waals surface area (Å²) in [6, 6.07) is -0.0757. The molecule has 0 aromatic heterocycles. The van der Waals surface area contributed by atoms with E-state index in [1.807, 2.05) is 12.3 Å². The summed E-state index contributed by atoms with van der Waals surface area (Å²) in [6.07, 6.45) is 5.50. The summed E-state index contributed by atoms with van der Waals surface area (Å²) < 4.78 is 5.58. The standard InChI is InChI=1S/C13H18N4O2/c14-13(18)10-6-17-11(9-1-2-16-12(9)10)8-5-15-3-4-19-7-8/h1-2,6,8,10,12,15-16H,3-5,7H2,(H2,14,18)/t8-,10?,12?/m0/s1. The number of nitrogens with one attached hydrogen (secondary N) is 2. The van der Waals surface area contributed by atoms with Gasteiger partial charge < -0.3 is 21.1 Å². The normalized spacial score (nSPS) is 33.8. The number of aliphatic imine (C=N–C) groups is 1. The molecule has 102 valence electrons. The number of hydrogen-bond acceptors (Lipinski definition) is 5. The maximum atomic E-state index is 11.4. The summed E-state index contributed by atoms with van der Waals surface area (Å²) >= 11 is 0. The van der Waals surface area contributed by atoms with Crippen molar-refractivity contribution < 1.29 is 9.53 Å². The lowest BCUT2D eigenvalue weighted by atomic mass is 9.87. The van der Waals surface area contributed by atoms with Crippen LogP contribution in [0.5, 0.6) is 0 Å². The van der Waals surface area contributed by atoms with Crippen molar-refractivity contribution in [2.24, 2.45) is 22.6 Å². The Labute approximate surface area is 111 Å². The Morgan fingerprint density at radius 2 is 2.42 bits per heavy atom. The number of carbonyl (C=O) groups is 1. The largest absolute Gasteiger partial charge is 0.383 e.